The Hall–Kier alpha value is -0.790. The molecule has 0 aromatic carbocycles. The molecule has 0 radical (unpaired) electrons. The fourth-order valence-corrected chi connectivity index (χ4v) is 1.49. The molecule has 2 heteroatoms. The highest BCUT2D eigenvalue weighted by Gasteiger charge is 2.20. The summed E-state index contributed by atoms with van der Waals surface area (Å²) in [5, 5.41) is 0. The summed E-state index contributed by atoms with van der Waals surface area (Å²) in [5.74, 6) is 0.775. The molecule has 0 aliphatic carbocycles. The van der Waals surface area contributed by atoms with Crippen molar-refractivity contribution in [3.63, 3.8) is 0 Å². The molecule has 0 saturated heterocycles. The first-order chi connectivity index (χ1) is 5.86. The zero-order valence-electron chi connectivity index (χ0n) is 7.95. The molecule has 1 unspecified atom stereocenters. The summed E-state index contributed by atoms with van der Waals surface area (Å²) in [6, 6.07) is 0. The van der Waals surface area contributed by atoms with E-state index in [-0.39, 0.29) is 0 Å². The van der Waals surface area contributed by atoms with Gasteiger partial charge in [0, 0.05) is 0 Å². The van der Waals surface area contributed by atoms with Crippen LogP contribution in [0.15, 0.2) is 9.98 Å². The van der Waals surface area contributed by atoms with E-state index in [0.717, 1.165) is 18.5 Å². The third-order valence-corrected chi connectivity index (χ3v) is 2.26. The topological polar surface area (TPSA) is 24.7 Å². The van der Waals surface area contributed by atoms with E-state index in [2.05, 4.69) is 23.8 Å². The smallest absolute Gasteiger partial charge is 0.0968 e. The van der Waals surface area contributed by atoms with Crippen molar-refractivity contribution in [1.82, 2.24) is 0 Å². The Morgan fingerprint density at radius 1 is 1.25 bits per heavy atom. The highest BCUT2D eigenvalue weighted by atomic mass is 15.0. The second kappa shape index (κ2) is 4.96. The Labute approximate surface area is 74.8 Å². The molecule has 0 bridgehead atoms. The molecule has 0 fully saturated rings. The van der Waals surface area contributed by atoms with Crippen molar-refractivity contribution in [2.75, 3.05) is 0 Å². The summed E-state index contributed by atoms with van der Waals surface area (Å²) in [5.41, 5.74) is 0. The molecule has 0 spiro atoms. The molecule has 0 aromatic rings. The second-order valence-corrected chi connectivity index (χ2v) is 3.24. The lowest BCUT2D eigenvalue weighted by atomic mass is 9.96. The number of aliphatic imine (C=N–C) groups is 2. The molecule has 0 aromatic heterocycles. The van der Waals surface area contributed by atoms with Gasteiger partial charge in [0.2, 0.25) is 6.17 Å². The average molecular weight is 165 g/mol. The third kappa shape index (κ3) is 2.68. The number of nitrogens with zero attached hydrogens (tertiary/aromatic N) is 2. The highest BCUT2D eigenvalue weighted by Crippen LogP contribution is 2.24. The molecule has 2 nitrogen and oxygen atoms in total. The summed E-state index contributed by atoms with van der Waals surface area (Å²) in [4.78, 5) is 8.35. The summed E-state index contributed by atoms with van der Waals surface area (Å²) in [7, 11) is 0. The first-order valence-corrected chi connectivity index (χ1v) is 4.79. The van der Waals surface area contributed by atoms with E-state index < -0.39 is 0 Å². The maximum absolute atomic E-state index is 4.18. The Balaban J connectivity index is 2.26. The van der Waals surface area contributed by atoms with E-state index in [0.29, 0.717) is 0 Å². The Morgan fingerprint density at radius 3 is 2.42 bits per heavy atom. The Kier molecular flexibility index (Phi) is 3.85. The molecule has 0 N–H and O–H groups in total. The van der Waals surface area contributed by atoms with Gasteiger partial charge in [-0.2, -0.15) is 0 Å². The van der Waals surface area contributed by atoms with Crippen molar-refractivity contribution in [3.05, 3.63) is 6.17 Å². The zero-order chi connectivity index (χ0) is 8.81. The first-order valence-electron chi connectivity index (χ1n) is 4.79. The molecule has 1 atom stereocenters. The predicted octanol–water partition coefficient (Wildman–Crippen LogP) is 2.85. The van der Waals surface area contributed by atoms with Crippen molar-refractivity contribution < 1.29 is 0 Å². The van der Waals surface area contributed by atoms with Gasteiger partial charge in [-0.3, -0.25) is 0 Å². The molecule has 1 heterocycles. The van der Waals surface area contributed by atoms with Gasteiger partial charge in [-0.05, 0) is 12.3 Å². The molecule has 1 aliphatic rings. The van der Waals surface area contributed by atoms with E-state index in [4.69, 9.17) is 0 Å². The summed E-state index contributed by atoms with van der Waals surface area (Å²) >= 11 is 0. The highest BCUT2D eigenvalue weighted by molar-refractivity contribution is 6.18. The molecule has 1 aliphatic heterocycles. The van der Waals surface area contributed by atoms with Crippen LogP contribution in [-0.2, 0) is 0 Å². The van der Waals surface area contributed by atoms with E-state index in [1.165, 1.54) is 19.3 Å². The van der Waals surface area contributed by atoms with E-state index >= 15 is 0 Å². The summed E-state index contributed by atoms with van der Waals surface area (Å²) in [6.45, 7) is 4.47. The molecule has 0 saturated carbocycles. The van der Waals surface area contributed by atoms with Crippen LogP contribution < -0.4 is 0 Å². The lowest BCUT2D eigenvalue weighted by molar-refractivity contribution is 0.437. The Bertz CT molecular complexity index is 161. The van der Waals surface area contributed by atoms with Gasteiger partial charge < -0.3 is 0 Å². The van der Waals surface area contributed by atoms with Crippen molar-refractivity contribution in [3.8, 4) is 0 Å². The normalized spacial score (nSPS) is 17.3. The van der Waals surface area contributed by atoms with Gasteiger partial charge in [-0.25, -0.2) is 0 Å². The third-order valence-electron chi connectivity index (χ3n) is 2.26. The fourth-order valence-electron chi connectivity index (χ4n) is 1.49. The van der Waals surface area contributed by atoms with Crippen LogP contribution in [0.5, 0.6) is 0 Å². The molecule has 1 rings (SSSR count). The van der Waals surface area contributed by atoms with Gasteiger partial charge in [-0.15, -0.1) is 0 Å². The van der Waals surface area contributed by atoms with Crippen molar-refractivity contribution in [2.45, 2.75) is 39.5 Å². The molecular formula is C10H17N2+. The molecule has 12 heavy (non-hydrogen) atoms. The van der Waals surface area contributed by atoms with E-state index in [1.54, 1.807) is 12.4 Å². The van der Waals surface area contributed by atoms with Crippen molar-refractivity contribution in [2.24, 2.45) is 15.9 Å². The first kappa shape index (κ1) is 9.30. The van der Waals surface area contributed by atoms with Crippen LogP contribution in [0.25, 0.3) is 0 Å². The van der Waals surface area contributed by atoms with Crippen LogP contribution in [0.2, 0.25) is 0 Å². The maximum atomic E-state index is 4.18. The van der Waals surface area contributed by atoms with E-state index in [1.807, 2.05) is 0 Å². The lowest BCUT2D eigenvalue weighted by Crippen LogP contribution is -2.02. The maximum Gasteiger partial charge on any atom is 0.240 e. The van der Waals surface area contributed by atoms with Crippen molar-refractivity contribution in [1.29, 1.82) is 0 Å². The van der Waals surface area contributed by atoms with E-state index in [9.17, 15) is 0 Å². The number of hydrogen-bond donors (Lipinski definition) is 0. The minimum Gasteiger partial charge on any atom is -0.0968 e. The van der Waals surface area contributed by atoms with Crippen LogP contribution in [0.1, 0.15) is 39.5 Å². The van der Waals surface area contributed by atoms with Gasteiger partial charge in [0.25, 0.3) is 0 Å². The summed E-state index contributed by atoms with van der Waals surface area (Å²) < 4.78 is 0. The fraction of sp³-hybridized carbons (Fsp3) is 0.700. The number of hydrogen-bond acceptors (Lipinski definition) is 2. The van der Waals surface area contributed by atoms with Gasteiger partial charge in [-0.1, -0.05) is 36.7 Å². The van der Waals surface area contributed by atoms with Crippen LogP contribution in [0, 0.1) is 12.1 Å². The minimum absolute atomic E-state index is 0.775. The van der Waals surface area contributed by atoms with Gasteiger partial charge >= 0.3 is 0 Å². The molecular weight excluding hydrogens is 148 g/mol. The Morgan fingerprint density at radius 2 is 1.92 bits per heavy atom. The monoisotopic (exact) mass is 165 g/mol. The zero-order valence-corrected chi connectivity index (χ0v) is 7.95. The second-order valence-electron chi connectivity index (χ2n) is 3.24. The van der Waals surface area contributed by atoms with Crippen molar-refractivity contribution >= 4 is 12.4 Å². The SMILES string of the molecule is CCCC(CC)C[C+]1N=CC=N1. The average Bonchev–Trinajstić information content (AvgIpc) is 2.56. The number of rotatable bonds is 5. The van der Waals surface area contributed by atoms with Crippen LogP contribution in [0.3, 0.4) is 0 Å². The minimum atomic E-state index is 0.775. The summed E-state index contributed by atoms with van der Waals surface area (Å²) in [6.07, 6.45) is 9.40. The van der Waals surface area contributed by atoms with Gasteiger partial charge in [0.05, 0.1) is 6.42 Å². The van der Waals surface area contributed by atoms with Gasteiger partial charge in [0.1, 0.15) is 0 Å². The molecule has 66 valence electrons. The van der Waals surface area contributed by atoms with Crippen LogP contribution in [-0.4, -0.2) is 12.4 Å². The predicted molar refractivity (Wildman–Crippen MR) is 53.5 cm³/mol. The quantitative estimate of drug-likeness (QED) is 0.560. The van der Waals surface area contributed by atoms with Crippen LogP contribution >= 0.6 is 0 Å². The van der Waals surface area contributed by atoms with Gasteiger partial charge in [0.15, 0.2) is 12.4 Å². The largest absolute Gasteiger partial charge is 0.240 e. The lowest BCUT2D eigenvalue weighted by Gasteiger charge is -2.10. The standard InChI is InChI=1S/C10H17N2/c1-3-5-9(4-2)8-10-11-6-7-12-10/h6-7,9H,3-5,8H2,1-2H3/q+1. The molecule has 0 amide bonds. The van der Waals surface area contributed by atoms with Crippen LogP contribution in [0.4, 0.5) is 0 Å².